The smallest absolute Gasteiger partial charge is 0.119 e. The van der Waals surface area contributed by atoms with Crippen LogP contribution in [0.3, 0.4) is 0 Å². The fourth-order valence-corrected chi connectivity index (χ4v) is 1.43. The normalized spacial score (nSPS) is 10.2. The molecule has 1 aromatic carbocycles. The third-order valence-corrected chi connectivity index (χ3v) is 2.37. The zero-order valence-electron chi connectivity index (χ0n) is 10.5. The summed E-state index contributed by atoms with van der Waals surface area (Å²) in [5.41, 5.74) is 0. The van der Waals surface area contributed by atoms with Crippen LogP contribution in [-0.4, -0.2) is 24.9 Å². The van der Waals surface area contributed by atoms with Gasteiger partial charge in [-0.05, 0) is 49.9 Å². The van der Waals surface area contributed by atoms with Crippen molar-refractivity contribution in [2.75, 3.05) is 19.8 Å². The van der Waals surface area contributed by atoms with Crippen molar-refractivity contribution >= 4 is 0 Å². The van der Waals surface area contributed by atoms with Crippen LogP contribution in [-0.2, 0) is 0 Å². The van der Waals surface area contributed by atoms with E-state index in [-0.39, 0.29) is 6.61 Å². The van der Waals surface area contributed by atoms with E-state index in [1.807, 2.05) is 24.3 Å². The lowest BCUT2D eigenvalue weighted by Crippen LogP contribution is -1.98. The Balaban J connectivity index is 2.20. The SMILES string of the molecule is CCCOc1ccc(OCCCCCO)cc1. The Morgan fingerprint density at radius 1 is 0.882 bits per heavy atom. The fourth-order valence-electron chi connectivity index (χ4n) is 1.43. The Labute approximate surface area is 103 Å². The van der Waals surface area contributed by atoms with Gasteiger partial charge in [-0.1, -0.05) is 6.92 Å². The Bertz CT molecular complexity index is 282. The lowest BCUT2D eigenvalue weighted by molar-refractivity contribution is 0.265. The third kappa shape index (κ3) is 6.17. The molecule has 17 heavy (non-hydrogen) atoms. The molecule has 3 nitrogen and oxygen atoms in total. The Morgan fingerprint density at radius 2 is 1.47 bits per heavy atom. The van der Waals surface area contributed by atoms with Gasteiger partial charge in [0.15, 0.2) is 0 Å². The van der Waals surface area contributed by atoms with Crippen LogP contribution in [0, 0.1) is 0 Å². The number of rotatable bonds is 9. The molecular weight excluding hydrogens is 216 g/mol. The minimum Gasteiger partial charge on any atom is -0.494 e. The predicted octanol–water partition coefficient (Wildman–Crippen LogP) is 3.02. The highest BCUT2D eigenvalue weighted by atomic mass is 16.5. The van der Waals surface area contributed by atoms with Crippen molar-refractivity contribution in [3.8, 4) is 11.5 Å². The summed E-state index contributed by atoms with van der Waals surface area (Å²) in [6, 6.07) is 7.71. The van der Waals surface area contributed by atoms with Gasteiger partial charge in [-0.2, -0.15) is 0 Å². The molecule has 0 saturated heterocycles. The van der Waals surface area contributed by atoms with Crippen molar-refractivity contribution in [2.45, 2.75) is 32.6 Å². The molecule has 0 fully saturated rings. The van der Waals surface area contributed by atoms with Gasteiger partial charge in [-0.3, -0.25) is 0 Å². The third-order valence-electron chi connectivity index (χ3n) is 2.37. The Hall–Kier alpha value is -1.22. The molecule has 1 aromatic rings. The van der Waals surface area contributed by atoms with Crippen LogP contribution in [0.15, 0.2) is 24.3 Å². The second-order valence-corrected chi connectivity index (χ2v) is 3.95. The molecule has 1 rings (SSSR count). The van der Waals surface area contributed by atoms with Crippen molar-refractivity contribution in [1.82, 2.24) is 0 Å². The minimum absolute atomic E-state index is 0.267. The monoisotopic (exact) mass is 238 g/mol. The summed E-state index contributed by atoms with van der Waals surface area (Å²) in [5.74, 6) is 1.76. The molecule has 1 N–H and O–H groups in total. The van der Waals surface area contributed by atoms with Crippen molar-refractivity contribution < 1.29 is 14.6 Å². The molecule has 3 heteroatoms. The average Bonchev–Trinajstić information content (AvgIpc) is 2.37. The van der Waals surface area contributed by atoms with E-state index in [1.54, 1.807) is 0 Å². The van der Waals surface area contributed by atoms with E-state index >= 15 is 0 Å². The average molecular weight is 238 g/mol. The summed E-state index contributed by atoms with van der Waals surface area (Å²) >= 11 is 0. The van der Waals surface area contributed by atoms with Crippen molar-refractivity contribution in [3.63, 3.8) is 0 Å². The van der Waals surface area contributed by atoms with Crippen LogP contribution in [0.5, 0.6) is 11.5 Å². The highest BCUT2D eigenvalue weighted by Crippen LogP contribution is 2.18. The number of ether oxygens (including phenoxy) is 2. The zero-order valence-corrected chi connectivity index (χ0v) is 10.5. The van der Waals surface area contributed by atoms with Crippen molar-refractivity contribution in [1.29, 1.82) is 0 Å². The number of benzene rings is 1. The van der Waals surface area contributed by atoms with E-state index in [2.05, 4.69) is 6.92 Å². The molecular formula is C14H22O3. The van der Waals surface area contributed by atoms with E-state index in [0.29, 0.717) is 6.61 Å². The Morgan fingerprint density at radius 3 is 2.00 bits per heavy atom. The second kappa shape index (κ2) is 8.88. The number of hydrogen-bond donors (Lipinski definition) is 1. The topological polar surface area (TPSA) is 38.7 Å². The molecule has 0 atom stereocenters. The first-order valence-corrected chi connectivity index (χ1v) is 6.33. The van der Waals surface area contributed by atoms with Crippen molar-refractivity contribution in [3.05, 3.63) is 24.3 Å². The van der Waals surface area contributed by atoms with Crippen molar-refractivity contribution in [2.24, 2.45) is 0 Å². The maximum atomic E-state index is 8.63. The number of aliphatic hydroxyl groups excluding tert-OH is 1. The van der Waals surface area contributed by atoms with Gasteiger partial charge in [0.2, 0.25) is 0 Å². The molecule has 0 unspecified atom stereocenters. The van der Waals surface area contributed by atoms with E-state index in [4.69, 9.17) is 14.6 Å². The maximum Gasteiger partial charge on any atom is 0.119 e. The van der Waals surface area contributed by atoms with E-state index in [0.717, 1.165) is 43.8 Å². The summed E-state index contributed by atoms with van der Waals surface area (Å²) in [6.07, 6.45) is 3.86. The molecule has 0 spiro atoms. The summed E-state index contributed by atoms with van der Waals surface area (Å²) in [6.45, 7) is 3.81. The lowest BCUT2D eigenvalue weighted by Gasteiger charge is -2.07. The standard InChI is InChI=1S/C14H22O3/c1-2-11-16-13-6-8-14(9-7-13)17-12-5-3-4-10-15/h6-9,15H,2-5,10-12H2,1H3. The molecule has 0 saturated carbocycles. The highest BCUT2D eigenvalue weighted by molar-refractivity contribution is 5.31. The number of unbranched alkanes of at least 4 members (excludes halogenated alkanes) is 2. The van der Waals surface area contributed by atoms with Gasteiger partial charge < -0.3 is 14.6 Å². The molecule has 0 aliphatic carbocycles. The first-order chi connectivity index (χ1) is 8.36. The minimum atomic E-state index is 0.267. The summed E-state index contributed by atoms with van der Waals surface area (Å²) in [5, 5.41) is 8.63. The molecule has 0 bridgehead atoms. The van der Waals surface area contributed by atoms with Crippen LogP contribution in [0.4, 0.5) is 0 Å². The van der Waals surface area contributed by atoms with E-state index in [1.165, 1.54) is 0 Å². The largest absolute Gasteiger partial charge is 0.494 e. The second-order valence-electron chi connectivity index (χ2n) is 3.95. The highest BCUT2D eigenvalue weighted by Gasteiger charge is 1.96. The molecule has 0 aromatic heterocycles. The van der Waals surface area contributed by atoms with Crippen LogP contribution < -0.4 is 9.47 Å². The van der Waals surface area contributed by atoms with E-state index in [9.17, 15) is 0 Å². The molecule has 0 aliphatic heterocycles. The predicted molar refractivity (Wildman–Crippen MR) is 68.7 cm³/mol. The van der Waals surface area contributed by atoms with Gasteiger partial charge in [0.1, 0.15) is 11.5 Å². The fraction of sp³-hybridized carbons (Fsp3) is 0.571. The molecule has 0 radical (unpaired) electrons. The molecule has 0 aliphatic rings. The van der Waals surface area contributed by atoms with Gasteiger partial charge in [-0.25, -0.2) is 0 Å². The van der Waals surface area contributed by atoms with E-state index < -0.39 is 0 Å². The lowest BCUT2D eigenvalue weighted by atomic mass is 10.2. The van der Waals surface area contributed by atoms with Crippen LogP contribution >= 0.6 is 0 Å². The quantitative estimate of drug-likeness (QED) is 0.672. The summed E-state index contributed by atoms with van der Waals surface area (Å²) in [7, 11) is 0. The number of aliphatic hydroxyl groups is 1. The van der Waals surface area contributed by atoms with Gasteiger partial charge in [-0.15, -0.1) is 0 Å². The maximum absolute atomic E-state index is 8.63. The summed E-state index contributed by atoms with van der Waals surface area (Å²) < 4.78 is 11.1. The van der Waals surface area contributed by atoms with Gasteiger partial charge >= 0.3 is 0 Å². The first-order valence-electron chi connectivity index (χ1n) is 6.33. The zero-order chi connectivity index (χ0) is 12.3. The van der Waals surface area contributed by atoms with Crippen LogP contribution in [0.1, 0.15) is 32.6 Å². The molecule has 96 valence electrons. The molecule has 0 amide bonds. The summed E-state index contributed by atoms with van der Waals surface area (Å²) in [4.78, 5) is 0. The Kier molecular flexibility index (Phi) is 7.23. The van der Waals surface area contributed by atoms with Crippen LogP contribution in [0.25, 0.3) is 0 Å². The van der Waals surface area contributed by atoms with Gasteiger partial charge in [0.25, 0.3) is 0 Å². The first kappa shape index (κ1) is 13.8. The van der Waals surface area contributed by atoms with Gasteiger partial charge in [0.05, 0.1) is 13.2 Å². The number of hydrogen-bond acceptors (Lipinski definition) is 3. The van der Waals surface area contributed by atoms with Crippen LogP contribution in [0.2, 0.25) is 0 Å². The molecule has 0 heterocycles. The van der Waals surface area contributed by atoms with Gasteiger partial charge in [0, 0.05) is 6.61 Å².